The highest BCUT2D eigenvalue weighted by Gasteiger charge is 2.76. The third-order valence-corrected chi connectivity index (χ3v) is 20.3. The van der Waals surface area contributed by atoms with Gasteiger partial charge >= 0.3 is 18.1 Å². The molecule has 0 aromatic heterocycles. The van der Waals surface area contributed by atoms with E-state index < -0.39 is 120 Å². The molecule has 1 saturated heterocycles. The molecule has 11 N–H and O–H groups in total. The average molecular weight is 1480 g/mol. The molecule has 7 rings (SSSR count). The second-order valence-corrected chi connectivity index (χ2v) is 28.0. The summed E-state index contributed by atoms with van der Waals surface area (Å²) in [5.74, 6) is 0.757. The van der Waals surface area contributed by atoms with Crippen LogP contribution in [0.15, 0.2) is 48.1 Å². The number of fused-ring (bicyclic) bond motifs is 7. The van der Waals surface area contributed by atoms with E-state index in [2.05, 4.69) is 61.3 Å². The number of amides is 9. The van der Waals surface area contributed by atoms with Gasteiger partial charge in [0.2, 0.25) is 35.4 Å². The molecule has 105 heavy (non-hydrogen) atoms. The Morgan fingerprint density at radius 1 is 0.752 bits per heavy atom. The van der Waals surface area contributed by atoms with Gasteiger partial charge in [-0.2, -0.15) is 0 Å². The monoisotopic (exact) mass is 1480 g/mol. The van der Waals surface area contributed by atoms with Crippen LogP contribution in [0.4, 0.5) is 15.3 Å². The standard InChI is InChI=1S/C74H109N9O22/c1-7-14-64-104-59-40-54-53-23-20-49-39-51(84)26-28-72(49,4)65(53)57(85)41-73(54,5)74(59,105-64)58(86)44-101-46-79-61(88)42-78-71(95)103-43-48-18-21-50(22-19-48)80-67(91)55(17-13-29-77-70(75)94)82-69(93)66(47(2)3)83-68(92)56(24-25-63(90)96-6)81-60(87)27-31-97-33-35-99-37-38-100-36-34-98-32-30-76-62(89)45-102-52-15-11-9-8-10-12-16-52/h18-19,21-22,26,28,39,47,52-57,59,64-66,85H,7-11,13-15,17,20,23-25,27,29-38,40-46H2,1-6H3,(H,76,89)(H,78,95)(H,79,88)(H,80,91)(H,81,87)(H,82,93)(H,83,92)(H3,75,77,94)/t52?,53-,54-,55-,56-,57-,59+,64?,65+,66-,72-,73-,74+/m0/s1. The normalized spacial score (nSPS) is 25.0. The fourth-order valence-corrected chi connectivity index (χ4v) is 15.0. The maximum absolute atomic E-state index is 14.6. The molecule has 9 amide bonds. The number of methoxy groups -OCH3 is 1. The number of Topliss-reactive ketones (excluding diaryl/α,β-unsaturated/α-hetero) is 1. The van der Waals surface area contributed by atoms with Crippen LogP contribution in [0.2, 0.25) is 0 Å². The Hall–Kier alpha value is -7.93. The Bertz CT molecular complexity index is 3250. The first-order chi connectivity index (χ1) is 50.4. The first kappa shape index (κ1) is 84.3. The van der Waals surface area contributed by atoms with Crippen molar-refractivity contribution in [3.63, 3.8) is 0 Å². The second-order valence-electron chi connectivity index (χ2n) is 28.0. The number of nitrogens with two attached hydrogens (primary N) is 1. The Balaban J connectivity index is 0.791. The topological polar surface area (TPSA) is 423 Å². The van der Waals surface area contributed by atoms with Crippen molar-refractivity contribution in [2.45, 2.75) is 192 Å². The highest BCUT2D eigenvalue weighted by molar-refractivity contribution is 6.01. The Kier molecular flexibility index (Phi) is 34.1. The molecule has 3 saturated carbocycles. The number of hydrogen-bond acceptors (Lipinski definition) is 22. The van der Waals surface area contributed by atoms with E-state index in [0.717, 1.165) is 50.5 Å². The number of carbonyl (C=O) groups is 11. The summed E-state index contributed by atoms with van der Waals surface area (Å²) in [5.41, 5.74) is 4.35. The van der Waals surface area contributed by atoms with Gasteiger partial charge in [0.25, 0.3) is 0 Å². The Morgan fingerprint density at radius 2 is 1.47 bits per heavy atom. The summed E-state index contributed by atoms with van der Waals surface area (Å²) in [6.07, 6.45) is 10.2. The lowest BCUT2D eigenvalue weighted by Crippen LogP contribution is -2.63. The van der Waals surface area contributed by atoms with Gasteiger partial charge in [-0.3, -0.25) is 43.2 Å². The van der Waals surface area contributed by atoms with Gasteiger partial charge in [0, 0.05) is 54.8 Å². The zero-order valence-corrected chi connectivity index (χ0v) is 61.4. The lowest BCUT2D eigenvalue weighted by molar-refractivity contribution is -0.201. The van der Waals surface area contributed by atoms with Crippen LogP contribution in [0.3, 0.4) is 0 Å². The SMILES string of the molecule is CCCC1O[C@@H]2C[C@H]3[C@@H]4CCC5=CC(=O)C=C[C@]5(C)[C@H]4[C@@H](O)C[C@]3(C)[C@]2(C(=O)COCNC(=O)CNC(=O)OCc2ccc(NC(=O)[C@H](CCCNC(N)=O)NC(=O)[C@@H](NC(=O)[C@H](CCC(=O)OC)NC(=O)CCOCCOCCOCCOCCNC(=O)COC3C#CCCCCC3)C(C)C)cc2)O1. The van der Waals surface area contributed by atoms with Crippen molar-refractivity contribution in [1.82, 2.24) is 37.2 Å². The van der Waals surface area contributed by atoms with Crippen molar-refractivity contribution in [3.8, 4) is 11.8 Å². The van der Waals surface area contributed by atoms with Crippen LogP contribution in [0.5, 0.6) is 0 Å². The van der Waals surface area contributed by atoms with E-state index in [1.807, 2.05) is 19.9 Å². The number of aliphatic hydroxyl groups is 1. The van der Waals surface area contributed by atoms with E-state index in [0.29, 0.717) is 57.8 Å². The molecule has 31 heteroatoms. The van der Waals surface area contributed by atoms with Crippen LogP contribution in [-0.2, 0) is 97.1 Å². The molecule has 1 heterocycles. The number of allylic oxidation sites excluding steroid dienone is 4. The van der Waals surface area contributed by atoms with E-state index in [4.69, 9.17) is 53.1 Å². The maximum Gasteiger partial charge on any atom is 0.407 e. The third kappa shape index (κ3) is 24.8. The molecular formula is C74H109N9O22. The van der Waals surface area contributed by atoms with E-state index >= 15 is 0 Å². The lowest BCUT2D eigenvalue weighted by Gasteiger charge is -2.59. The van der Waals surface area contributed by atoms with Gasteiger partial charge in [-0.1, -0.05) is 77.2 Å². The number of urea groups is 1. The fourth-order valence-electron chi connectivity index (χ4n) is 15.0. The maximum atomic E-state index is 14.6. The third-order valence-electron chi connectivity index (χ3n) is 20.3. The summed E-state index contributed by atoms with van der Waals surface area (Å²) in [6.45, 7) is 10.1. The summed E-state index contributed by atoms with van der Waals surface area (Å²) in [6, 6.07) is 1.62. The molecular weight excluding hydrogens is 1370 g/mol. The van der Waals surface area contributed by atoms with Crippen LogP contribution >= 0.6 is 0 Å². The molecule has 1 aliphatic heterocycles. The minimum absolute atomic E-state index is 0.00183. The summed E-state index contributed by atoms with van der Waals surface area (Å²) < 4.78 is 56.8. The number of aliphatic hydroxyl groups excluding tert-OH is 1. The molecule has 582 valence electrons. The van der Waals surface area contributed by atoms with Gasteiger partial charge in [-0.05, 0) is 118 Å². The van der Waals surface area contributed by atoms with Crippen LogP contribution in [0.1, 0.15) is 143 Å². The molecule has 31 nitrogen and oxygen atoms in total. The van der Waals surface area contributed by atoms with Crippen LogP contribution in [0, 0.1) is 46.3 Å². The Morgan fingerprint density at radius 3 is 2.17 bits per heavy atom. The predicted molar refractivity (Wildman–Crippen MR) is 378 cm³/mol. The van der Waals surface area contributed by atoms with E-state index in [1.54, 1.807) is 38.1 Å². The van der Waals surface area contributed by atoms with Gasteiger partial charge in [-0.15, -0.1) is 5.92 Å². The van der Waals surface area contributed by atoms with Crippen molar-refractivity contribution in [2.24, 2.45) is 40.2 Å². The smallest absolute Gasteiger partial charge is 0.407 e. The highest BCUT2D eigenvalue weighted by Crippen LogP contribution is 2.70. The number of anilines is 1. The molecule has 0 bridgehead atoms. The first-order valence-corrected chi connectivity index (χ1v) is 36.7. The van der Waals surface area contributed by atoms with Gasteiger partial charge in [0.1, 0.15) is 57.3 Å². The number of carbonyl (C=O) groups excluding carboxylic acids is 11. The minimum Gasteiger partial charge on any atom is -0.469 e. The fraction of sp³-hybridized carbons (Fsp3) is 0.689. The second kappa shape index (κ2) is 42.4. The van der Waals surface area contributed by atoms with E-state index in [-0.39, 0.29) is 138 Å². The molecule has 2 unspecified atom stereocenters. The zero-order chi connectivity index (χ0) is 75.9. The molecule has 4 fully saturated rings. The molecule has 6 aliphatic rings. The number of ether oxygens (including phenoxy) is 10. The van der Waals surface area contributed by atoms with Crippen molar-refractivity contribution < 1.29 is 105 Å². The van der Waals surface area contributed by atoms with Crippen molar-refractivity contribution in [3.05, 3.63) is 53.6 Å². The van der Waals surface area contributed by atoms with Crippen LogP contribution in [0.25, 0.3) is 0 Å². The summed E-state index contributed by atoms with van der Waals surface area (Å²) in [7, 11) is 1.18. The molecule has 0 spiro atoms. The molecule has 0 radical (unpaired) electrons. The minimum atomic E-state index is -1.41. The molecule has 13 atom stereocenters. The predicted octanol–water partition coefficient (Wildman–Crippen LogP) is 3.12. The van der Waals surface area contributed by atoms with Gasteiger partial charge in [0.05, 0.1) is 72.2 Å². The summed E-state index contributed by atoms with van der Waals surface area (Å²) >= 11 is 0. The summed E-state index contributed by atoms with van der Waals surface area (Å²) in [4.78, 5) is 143. The quantitative estimate of drug-likeness (QED) is 0.0194. The van der Waals surface area contributed by atoms with Crippen LogP contribution < -0.4 is 48.3 Å². The number of primary amides is 1. The van der Waals surface area contributed by atoms with E-state index in [1.165, 1.54) is 19.2 Å². The molecule has 5 aliphatic carbocycles. The van der Waals surface area contributed by atoms with Crippen molar-refractivity contribution >= 4 is 70.8 Å². The Labute approximate surface area is 613 Å². The number of nitrogens with one attached hydrogen (secondary N) is 8. The number of ketones is 2. The van der Waals surface area contributed by atoms with Gasteiger partial charge in [-0.25, -0.2) is 9.59 Å². The van der Waals surface area contributed by atoms with Crippen molar-refractivity contribution in [2.75, 3.05) is 105 Å². The van der Waals surface area contributed by atoms with Gasteiger partial charge < -0.3 is 101 Å². The average Bonchev–Trinajstić information content (AvgIpc) is 1.53. The summed E-state index contributed by atoms with van der Waals surface area (Å²) in [5, 5.41) is 32.9. The lowest BCUT2D eigenvalue weighted by atomic mass is 9.46. The number of benzene rings is 1. The largest absolute Gasteiger partial charge is 0.469 e. The number of rotatable bonds is 44. The highest BCUT2D eigenvalue weighted by atomic mass is 16.7. The number of hydrogen-bond donors (Lipinski definition) is 10. The molecule has 1 aromatic rings. The van der Waals surface area contributed by atoms with E-state index in [9.17, 15) is 57.8 Å². The van der Waals surface area contributed by atoms with Crippen LogP contribution in [-0.4, -0.2) is 218 Å². The number of alkyl carbamates (subject to hydrolysis) is 1. The molecule has 1 aromatic carbocycles. The van der Waals surface area contributed by atoms with Gasteiger partial charge in [0.15, 0.2) is 23.5 Å². The zero-order valence-electron chi connectivity index (χ0n) is 61.4. The first-order valence-electron chi connectivity index (χ1n) is 36.7. The van der Waals surface area contributed by atoms with Crippen molar-refractivity contribution in [1.29, 1.82) is 0 Å². The number of esters is 1.